The van der Waals surface area contributed by atoms with Crippen LogP contribution in [0.5, 0.6) is 0 Å². The van der Waals surface area contributed by atoms with Gasteiger partial charge in [0.1, 0.15) is 0 Å². The number of ketones is 2. The Bertz CT molecular complexity index is 969. The summed E-state index contributed by atoms with van der Waals surface area (Å²) in [4.78, 5) is 50.4. The van der Waals surface area contributed by atoms with Crippen molar-refractivity contribution in [2.45, 2.75) is 104 Å². The van der Waals surface area contributed by atoms with Crippen molar-refractivity contribution < 1.29 is 33.8 Å². The van der Waals surface area contributed by atoms with Crippen molar-refractivity contribution in [3.63, 3.8) is 0 Å². The summed E-state index contributed by atoms with van der Waals surface area (Å²) in [6.45, 7) is 9.16. The molecule has 0 spiro atoms. The fourth-order valence-electron chi connectivity index (χ4n) is 8.64. The number of fused-ring (bicyclic) bond motifs is 5. The minimum atomic E-state index is -1.42. The number of unbranched alkanes of at least 4 members (excludes halogenated alkanes) is 1. The van der Waals surface area contributed by atoms with E-state index in [2.05, 4.69) is 13.8 Å². The van der Waals surface area contributed by atoms with E-state index in [0.717, 1.165) is 24.8 Å². The van der Waals surface area contributed by atoms with Crippen LogP contribution < -0.4 is 0 Å². The quantitative estimate of drug-likeness (QED) is 0.516. The van der Waals surface area contributed by atoms with Gasteiger partial charge in [0, 0.05) is 25.2 Å². The molecule has 4 rings (SSSR count). The molecule has 0 aromatic rings. The summed E-state index contributed by atoms with van der Waals surface area (Å²) >= 11 is 0. The first-order chi connectivity index (χ1) is 16.9. The highest BCUT2D eigenvalue weighted by molar-refractivity contribution is 5.93. The van der Waals surface area contributed by atoms with Crippen LogP contribution in [0.1, 0.15) is 92.4 Å². The molecular formula is C29H42O7. The molecule has 0 radical (unpaired) electrons. The van der Waals surface area contributed by atoms with Gasteiger partial charge in [0.25, 0.3) is 0 Å². The number of esters is 2. The van der Waals surface area contributed by atoms with E-state index < -0.39 is 41.4 Å². The molecule has 0 aromatic heterocycles. The van der Waals surface area contributed by atoms with Gasteiger partial charge in [-0.05, 0) is 73.7 Å². The number of hydrogen-bond donors (Lipinski definition) is 1. The Morgan fingerprint density at radius 2 is 1.92 bits per heavy atom. The lowest BCUT2D eigenvalue weighted by Crippen LogP contribution is -2.63. The van der Waals surface area contributed by atoms with Gasteiger partial charge in [0.05, 0.1) is 6.10 Å². The SMILES string of the molecule is CCCCC(=O)O[C@]1(C(=O)COC(C)=O)CC[C@H]2[C@@H]3C[C@H](C)C4=CC(=O)CC[C@]4(C)[C@H]3[C@@H](O)C[C@@]21C. The molecule has 4 aliphatic rings. The molecule has 0 aromatic carbocycles. The second-order valence-electron chi connectivity index (χ2n) is 12.3. The van der Waals surface area contributed by atoms with Crippen LogP contribution in [0.3, 0.4) is 0 Å². The number of aliphatic hydroxyl groups is 1. The third kappa shape index (κ3) is 4.15. The smallest absolute Gasteiger partial charge is 0.306 e. The molecule has 36 heavy (non-hydrogen) atoms. The molecule has 0 aliphatic heterocycles. The summed E-state index contributed by atoms with van der Waals surface area (Å²) in [5.74, 6) is -0.789. The number of carbonyl (C=O) groups is 4. The zero-order chi connectivity index (χ0) is 26.5. The molecule has 3 saturated carbocycles. The average Bonchev–Trinajstić information content (AvgIpc) is 3.09. The topological polar surface area (TPSA) is 107 Å². The molecule has 4 aliphatic carbocycles. The molecule has 0 bridgehead atoms. The molecule has 0 unspecified atom stereocenters. The van der Waals surface area contributed by atoms with Gasteiger partial charge in [0.15, 0.2) is 18.0 Å². The predicted octanol–water partition coefficient (Wildman–Crippen LogP) is 4.34. The lowest BCUT2D eigenvalue weighted by atomic mass is 9.44. The summed E-state index contributed by atoms with van der Waals surface area (Å²) in [5, 5.41) is 11.7. The Morgan fingerprint density at radius 1 is 1.19 bits per heavy atom. The number of aliphatic hydroxyl groups excluding tert-OH is 1. The van der Waals surface area contributed by atoms with Gasteiger partial charge < -0.3 is 14.6 Å². The Hall–Kier alpha value is -2.02. The molecule has 3 fully saturated rings. The van der Waals surface area contributed by atoms with E-state index in [1.807, 2.05) is 19.9 Å². The van der Waals surface area contributed by atoms with E-state index in [4.69, 9.17) is 9.47 Å². The van der Waals surface area contributed by atoms with Crippen molar-refractivity contribution in [2.75, 3.05) is 6.61 Å². The number of allylic oxidation sites excluding steroid dienone is 1. The van der Waals surface area contributed by atoms with Crippen LogP contribution >= 0.6 is 0 Å². The van der Waals surface area contributed by atoms with E-state index in [0.29, 0.717) is 32.1 Å². The van der Waals surface area contributed by atoms with Crippen molar-refractivity contribution in [3.8, 4) is 0 Å². The van der Waals surface area contributed by atoms with Crippen LogP contribution in [0.25, 0.3) is 0 Å². The van der Waals surface area contributed by atoms with E-state index >= 15 is 0 Å². The Morgan fingerprint density at radius 3 is 2.58 bits per heavy atom. The first-order valence-corrected chi connectivity index (χ1v) is 13.7. The van der Waals surface area contributed by atoms with Crippen molar-refractivity contribution in [3.05, 3.63) is 11.6 Å². The van der Waals surface area contributed by atoms with Crippen LogP contribution in [0.4, 0.5) is 0 Å². The minimum Gasteiger partial charge on any atom is -0.458 e. The van der Waals surface area contributed by atoms with Crippen LogP contribution in [0, 0.1) is 34.5 Å². The predicted molar refractivity (Wildman–Crippen MR) is 133 cm³/mol. The Labute approximate surface area is 214 Å². The average molecular weight is 503 g/mol. The fourth-order valence-corrected chi connectivity index (χ4v) is 8.64. The fraction of sp³-hybridized carbons (Fsp3) is 0.793. The van der Waals surface area contributed by atoms with Gasteiger partial charge in [-0.1, -0.05) is 39.7 Å². The Balaban J connectivity index is 1.72. The van der Waals surface area contributed by atoms with Gasteiger partial charge in [-0.25, -0.2) is 0 Å². The largest absolute Gasteiger partial charge is 0.458 e. The molecule has 0 saturated heterocycles. The molecule has 7 heteroatoms. The first-order valence-electron chi connectivity index (χ1n) is 13.7. The first kappa shape index (κ1) is 27.0. The number of Topliss-reactive ketones (excluding diaryl/α,β-unsaturated/α-hetero) is 1. The van der Waals surface area contributed by atoms with Crippen LogP contribution in [0.15, 0.2) is 11.6 Å². The molecular weight excluding hydrogens is 460 g/mol. The third-order valence-corrected chi connectivity index (χ3v) is 10.2. The highest BCUT2D eigenvalue weighted by atomic mass is 16.6. The number of carbonyl (C=O) groups excluding carboxylic acids is 4. The number of hydrogen-bond acceptors (Lipinski definition) is 7. The molecule has 8 atom stereocenters. The zero-order valence-corrected chi connectivity index (χ0v) is 22.4. The van der Waals surface area contributed by atoms with E-state index in [9.17, 15) is 24.3 Å². The summed E-state index contributed by atoms with van der Waals surface area (Å²) in [6.07, 6.45) is 6.31. The van der Waals surface area contributed by atoms with Gasteiger partial charge in [0.2, 0.25) is 5.78 Å². The van der Waals surface area contributed by atoms with Crippen molar-refractivity contribution in [1.82, 2.24) is 0 Å². The maximum absolute atomic E-state index is 13.7. The normalized spacial score (nSPS) is 41.4. The summed E-state index contributed by atoms with van der Waals surface area (Å²) < 4.78 is 11.2. The molecule has 0 amide bonds. The molecule has 1 N–H and O–H groups in total. The number of ether oxygens (including phenoxy) is 2. The van der Waals surface area contributed by atoms with E-state index in [1.165, 1.54) is 6.92 Å². The van der Waals surface area contributed by atoms with Crippen LogP contribution in [0.2, 0.25) is 0 Å². The zero-order valence-electron chi connectivity index (χ0n) is 22.4. The Kier molecular flexibility index (Phi) is 7.28. The number of rotatable bonds is 7. The summed E-state index contributed by atoms with van der Waals surface area (Å²) in [7, 11) is 0. The lowest BCUT2D eigenvalue weighted by molar-refractivity contribution is -0.204. The van der Waals surface area contributed by atoms with Gasteiger partial charge in [-0.15, -0.1) is 0 Å². The van der Waals surface area contributed by atoms with E-state index in [-0.39, 0.29) is 41.3 Å². The van der Waals surface area contributed by atoms with Crippen LogP contribution in [-0.2, 0) is 28.7 Å². The summed E-state index contributed by atoms with van der Waals surface area (Å²) in [6, 6.07) is 0. The second-order valence-corrected chi connectivity index (χ2v) is 12.3. The minimum absolute atomic E-state index is 0.0127. The van der Waals surface area contributed by atoms with Crippen LogP contribution in [-0.4, -0.2) is 46.9 Å². The van der Waals surface area contributed by atoms with Crippen molar-refractivity contribution in [2.24, 2.45) is 34.5 Å². The third-order valence-electron chi connectivity index (χ3n) is 10.2. The maximum Gasteiger partial charge on any atom is 0.306 e. The summed E-state index contributed by atoms with van der Waals surface area (Å²) in [5.41, 5.74) is -1.30. The van der Waals surface area contributed by atoms with Gasteiger partial charge in [-0.3, -0.25) is 19.2 Å². The molecule has 7 nitrogen and oxygen atoms in total. The van der Waals surface area contributed by atoms with E-state index in [1.54, 1.807) is 0 Å². The highest BCUT2D eigenvalue weighted by Gasteiger charge is 2.71. The van der Waals surface area contributed by atoms with Gasteiger partial charge >= 0.3 is 11.9 Å². The highest BCUT2D eigenvalue weighted by Crippen LogP contribution is 2.69. The van der Waals surface area contributed by atoms with Gasteiger partial charge in [-0.2, -0.15) is 0 Å². The lowest BCUT2D eigenvalue weighted by Gasteiger charge is -2.62. The van der Waals surface area contributed by atoms with Crippen molar-refractivity contribution >= 4 is 23.5 Å². The van der Waals surface area contributed by atoms with Crippen molar-refractivity contribution in [1.29, 1.82) is 0 Å². The molecule has 200 valence electrons. The maximum atomic E-state index is 13.7. The monoisotopic (exact) mass is 502 g/mol. The molecule has 0 heterocycles. The second kappa shape index (κ2) is 9.70. The standard InChI is InChI=1S/C29H42O7/c1-6-7-8-25(34)36-29(24(33)16-35-18(3)30)12-10-21-20-13-17(2)22-14-19(31)9-11-27(22,4)26(20)23(32)15-28(21,29)5/h14,17,20-21,23,26,32H,6-13,15-16H2,1-5H3/t17-,20-,21-,23-,26+,27-,28-,29-/m0/s1.